The van der Waals surface area contributed by atoms with Crippen molar-refractivity contribution in [2.45, 2.75) is 6.92 Å². The van der Waals surface area contributed by atoms with Gasteiger partial charge in [0.25, 0.3) is 5.56 Å². The van der Waals surface area contributed by atoms with Crippen LogP contribution in [-0.4, -0.2) is 30.0 Å². The molecule has 8 heteroatoms. The fourth-order valence-electron chi connectivity index (χ4n) is 1.46. The van der Waals surface area contributed by atoms with Crippen LogP contribution in [0.5, 0.6) is 0 Å². The summed E-state index contributed by atoms with van der Waals surface area (Å²) in [6.07, 6.45) is 1.48. The van der Waals surface area contributed by atoms with Crippen LogP contribution in [0.2, 0.25) is 0 Å². The summed E-state index contributed by atoms with van der Waals surface area (Å²) in [4.78, 5) is 17.0. The lowest BCUT2D eigenvalue weighted by atomic mass is 10.3. The van der Waals surface area contributed by atoms with Crippen LogP contribution in [0.3, 0.4) is 0 Å². The number of hydrogen-bond donors (Lipinski definition) is 1. The summed E-state index contributed by atoms with van der Waals surface area (Å²) < 4.78 is 1.54. The summed E-state index contributed by atoms with van der Waals surface area (Å²) in [6.45, 7) is 1.86. The highest BCUT2D eigenvalue weighted by atomic mass is 32.1. The Kier molecular flexibility index (Phi) is 1.83. The van der Waals surface area contributed by atoms with Crippen LogP contribution in [0.25, 0.3) is 16.3 Å². The summed E-state index contributed by atoms with van der Waals surface area (Å²) in [5.41, 5.74) is 1.05. The Hall–Kier alpha value is -2.09. The van der Waals surface area contributed by atoms with Gasteiger partial charge in [0.05, 0.1) is 0 Å². The summed E-state index contributed by atoms with van der Waals surface area (Å²) in [5.74, 6) is 0.331. The van der Waals surface area contributed by atoms with E-state index in [1.807, 2.05) is 12.3 Å². The molecule has 16 heavy (non-hydrogen) atoms. The summed E-state index contributed by atoms with van der Waals surface area (Å²) in [6, 6.07) is 0. The van der Waals surface area contributed by atoms with E-state index in [1.165, 1.54) is 17.5 Å². The van der Waals surface area contributed by atoms with Crippen molar-refractivity contribution in [1.82, 2.24) is 30.0 Å². The van der Waals surface area contributed by atoms with Gasteiger partial charge in [-0.25, -0.2) is 10.1 Å². The average molecular weight is 234 g/mol. The first-order chi connectivity index (χ1) is 7.77. The standard InChI is InChI=1S/C8H6N6OS/c1-4-3-16-8-9-2-5(7(15)14(4)8)6-10-12-13-11-6/h2-3H,1H3,(H,10,11,12,13). The number of H-pyrrole nitrogens is 1. The number of nitrogens with zero attached hydrogens (tertiary/aromatic N) is 5. The Morgan fingerprint density at radius 3 is 3.12 bits per heavy atom. The molecule has 0 spiro atoms. The van der Waals surface area contributed by atoms with Gasteiger partial charge in [0.1, 0.15) is 5.56 Å². The third-order valence-corrected chi connectivity index (χ3v) is 3.17. The number of hydrogen-bond acceptors (Lipinski definition) is 6. The van der Waals surface area contributed by atoms with Crippen molar-refractivity contribution < 1.29 is 0 Å². The van der Waals surface area contributed by atoms with Gasteiger partial charge in [-0.15, -0.1) is 16.4 Å². The molecule has 0 atom stereocenters. The second-order valence-corrected chi connectivity index (χ2v) is 4.06. The predicted octanol–water partition coefficient (Wildman–Crippen LogP) is 0.245. The molecule has 0 fully saturated rings. The minimum Gasteiger partial charge on any atom is -0.268 e. The molecular formula is C8H6N6OS. The van der Waals surface area contributed by atoms with E-state index in [1.54, 1.807) is 4.40 Å². The van der Waals surface area contributed by atoms with Gasteiger partial charge in [0.2, 0.25) is 0 Å². The number of rotatable bonds is 1. The van der Waals surface area contributed by atoms with Crippen LogP contribution in [0, 0.1) is 6.92 Å². The normalized spacial score (nSPS) is 11.1. The van der Waals surface area contributed by atoms with Gasteiger partial charge in [0.15, 0.2) is 10.8 Å². The second-order valence-electron chi connectivity index (χ2n) is 3.22. The monoisotopic (exact) mass is 234 g/mol. The van der Waals surface area contributed by atoms with Gasteiger partial charge in [0, 0.05) is 17.3 Å². The van der Waals surface area contributed by atoms with E-state index in [-0.39, 0.29) is 5.56 Å². The highest BCUT2D eigenvalue weighted by Gasteiger charge is 2.12. The van der Waals surface area contributed by atoms with E-state index in [2.05, 4.69) is 25.6 Å². The van der Waals surface area contributed by atoms with Crippen molar-refractivity contribution in [3.63, 3.8) is 0 Å². The average Bonchev–Trinajstić information content (AvgIpc) is 2.89. The van der Waals surface area contributed by atoms with Gasteiger partial charge in [-0.05, 0) is 17.4 Å². The molecule has 80 valence electrons. The molecule has 0 bridgehead atoms. The molecule has 1 N–H and O–H groups in total. The fraction of sp³-hybridized carbons (Fsp3) is 0.125. The van der Waals surface area contributed by atoms with Crippen LogP contribution in [0.1, 0.15) is 5.69 Å². The number of aromatic nitrogens is 6. The first kappa shape index (κ1) is 9.16. The molecule has 0 aliphatic carbocycles. The Morgan fingerprint density at radius 1 is 1.50 bits per heavy atom. The zero-order valence-corrected chi connectivity index (χ0v) is 9.02. The van der Waals surface area contributed by atoms with Crippen LogP contribution in [-0.2, 0) is 0 Å². The fourth-order valence-corrected chi connectivity index (χ4v) is 2.29. The molecule has 3 aromatic heterocycles. The van der Waals surface area contributed by atoms with Crippen molar-refractivity contribution in [2.75, 3.05) is 0 Å². The largest absolute Gasteiger partial charge is 0.269 e. The quantitative estimate of drug-likeness (QED) is 0.651. The smallest absolute Gasteiger partial charge is 0.268 e. The molecule has 3 heterocycles. The first-order valence-electron chi connectivity index (χ1n) is 4.47. The van der Waals surface area contributed by atoms with Crippen molar-refractivity contribution >= 4 is 16.3 Å². The Morgan fingerprint density at radius 2 is 2.38 bits per heavy atom. The minimum atomic E-state index is -0.165. The molecule has 0 unspecified atom stereocenters. The molecule has 0 aliphatic heterocycles. The number of aryl methyl sites for hydroxylation is 1. The van der Waals surface area contributed by atoms with Crippen molar-refractivity contribution in [3.05, 3.63) is 27.6 Å². The predicted molar refractivity (Wildman–Crippen MR) is 57.2 cm³/mol. The maximum Gasteiger partial charge on any atom is 0.269 e. The molecule has 0 aliphatic rings. The number of tetrazole rings is 1. The zero-order valence-electron chi connectivity index (χ0n) is 8.21. The van der Waals surface area contributed by atoms with Crippen LogP contribution in [0.4, 0.5) is 0 Å². The number of fused-ring (bicyclic) bond motifs is 1. The molecule has 3 rings (SSSR count). The Balaban J connectivity index is 2.40. The molecule has 7 nitrogen and oxygen atoms in total. The highest BCUT2D eigenvalue weighted by molar-refractivity contribution is 7.15. The van der Waals surface area contributed by atoms with Gasteiger partial charge in [-0.1, -0.05) is 0 Å². The van der Waals surface area contributed by atoms with Crippen LogP contribution >= 0.6 is 11.3 Å². The molecule has 0 aromatic carbocycles. The van der Waals surface area contributed by atoms with Crippen molar-refractivity contribution in [1.29, 1.82) is 0 Å². The summed E-state index contributed by atoms with van der Waals surface area (Å²) in [5, 5.41) is 15.0. The van der Waals surface area contributed by atoms with Crippen LogP contribution in [0.15, 0.2) is 16.4 Å². The summed E-state index contributed by atoms with van der Waals surface area (Å²) >= 11 is 1.42. The van der Waals surface area contributed by atoms with E-state index < -0.39 is 0 Å². The van der Waals surface area contributed by atoms with Crippen LogP contribution < -0.4 is 5.56 Å². The van der Waals surface area contributed by atoms with Gasteiger partial charge in [-0.3, -0.25) is 9.20 Å². The third kappa shape index (κ3) is 1.16. The lowest BCUT2D eigenvalue weighted by Crippen LogP contribution is -2.17. The van der Waals surface area contributed by atoms with Crippen molar-refractivity contribution in [2.24, 2.45) is 0 Å². The lowest BCUT2D eigenvalue weighted by molar-refractivity contribution is 0.881. The Bertz CT molecular complexity index is 697. The lowest BCUT2D eigenvalue weighted by Gasteiger charge is -1.97. The molecule has 3 aromatic rings. The maximum atomic E-state index is 12.1. The first-order valence-corrected chi connectivity index (χ1v) is 5.35. The third-order valence-electron chi connectivity index (χ3n) is 2.22. The minimum absolute atomic E-state index is 0.165. The molecular weight excluding hydrogens is 228 g/mol. The SMILES string of the molecule is Cc1csc2ncc(-c3nnn[nH]3)c(=O)n12. The Labute approximate surface area is 92.8 Å². The molecule has 0 saturated heterocycles. The second kappa shape index (κ2) is 3.20. The van der Waals surface area contributed by atoms with Gasteiger partial charge in [-0.2, -0.15) is 0 Å². The van der Waals surface area contributed by atoms with E-state index >= 15 is 0 Å². The van der Waals surface area contributed by atoms with E-state index in [0.717, 1.165) is 5.69 Å². The van der Waals surface area contributed by atoms with E-state index in [9.17, 15) is 4.79 Å². The number of nitrogens with one attached hydrogen (secondary N) is 1. The number of aromatic amines is 1. The number of thiazole rings is 1. The molecule has 0 amide bonds. The van der Waals surface area contributed by atoms with Gasteiger partial charge < -0.3 is 0 Å². The van der Waals surface area contributed by atoms with Crippen molar-refractivity contribution in [3.8, 4) is 11.4 Å². The van der Waals surface area contributed by atoms with E-state index in [0.29, 0.717) is 16.3 Å². The maximum absolute atomic E-state index is 12.1. The highest BCUT2D eigenvalue weighted by Crippen LogP contribution is 2.13. The molecule has 0 saturated carbocycles. The molecule has 0 radical (unpaired) electrons. The zero-order chi connectivity index (χ0) is 11.1. The summed E-state index contributed by atoms with van der Waals surface area (Å²) in [7, 11) is 0. The van der Waals surface area contributed by atoms with Gasteiger partial charge >= 0.3 is 0 Å². The van der Waals surface area contributed by atoms with E-state index in [4.69, 9.17) is 0 Å². The topological polar surface area (TPSA) is 88.8 Å².